The van der Waals surface area contributed by atoms with Gasteiger partial charge in [-0.15, -0.1) is 0 Å². The number of hydrogen-bond acceptors (Lipinski definition) is 5. The molecular weight excluding hydrogens is 293 g/mol. The van der Waals surface area contributed by atoms with Gasteiger partial charge in [-0.3, -0.25) is 19.7 Å². The molecule has 0 atom stereocenters. The summed E-state index contributed by atoms with van der Waals surface area (Å²) in [4.78, 5) is 34.8. The minimum Gasteiger partial charge on any atom is -0.501 e. The van der Waals surface area contributed by atoms with Crippen LogP contribution in [0.3, 0.4) is 0 Å². The van der Waals surface area contributed by atoms with Crippen LogP contribution in [0.15, 0.2) is 30.0 Å². The first kappa shape index (κ1) is 15.8. The van der Waals surface area contributed by atoms with Gasteiger partial charge in [-0.1, -0.05) is 0 Å². The van der Waals surface area contributed by atoms with Crippen molar-refractivity contribution in [3.8, 4) is 0 Å². The maximum absolute atomic E-state index is 13.1. The lowest BCUT2D eigenvalue weighted by atomic mass is 9.97. The molecule has 0 aromatic heterocycles. The van der Waals surface area contributed by atoms with Gasteiger partial charge in [-0.2, -0.15) is 0 Å². The number of rotatable bonds is 7. The number of hydrogen-bond donors (Lipinski definition) is 0. The molecule has 22 heavy (non-hydrogen) atoms. The van der Waals surface area contributed by atoms with E-state index in [0.717, 1.165) is 18.4 Å². The molecule has 0 bridgehead atoms. The van der Waals surface area contributed by atoms with Gasteiger partial charge in [-0.05, 0) is 31.9 Å². The first-order valence-electron chi connectivity index (χ1n) is 6.80. The summed E-state index contributed by atoms with van der Waals surface area (Å²) in [5.74, 6) is -2.28. The fourth-order valence-corrected chi connectivity index (χ4v) is 1.95. The first-order chi connectivity index (χ1) is 10.5. The van der Waals surface area contributed by atoms with E-state index in [1.807, 2.05) is 0 Å². The predicted octanol–water partition coefficient (Wildman–Crippen LogP) is 2.82. The predicted molar refractivity (Wildman–Crippen MR) is 74.8 cm³/mol. The molecule has 0 unspecified atom stereocenters. The van der Waals surface area contributed by atoms with E-state index in [1.54, 1.807) is 6.92 Å². The van der Waals surface area contributed by atoms with E-state index in [9.17, 15) is 24.1 Å². The average Bonchev–Trinajstić information content (AvgIpc) is 3.31. The molecule has 1 aromatic rings. The van der Waals surface area contributed by atoms with Crippen LogP contribution < -0.4 is 0 Å². The second kappa shape index (κ2) is 6.46. The molecule has 1 aliphatic rings. The summed E-state index contributed by atoms with van der Waals surface area (Å²) < 4.78 is 18.2. The molecule has 116 valence electrons. The van der Waals surface area contributed by atoms with E-state index in [4.69, 9.17) is 4.74 Å². The monoisotopic (exact) mass is 307 g/mol. The second-order valence-corrected chi connectivity index (χ2v) is 4.87. The van der Waals surface area contributed by atoms with Gasteiger partial charge in [0.1, 0.15) is 17.0 Å². The zero-order valence-corrected chi connectivity index (χ0v) is 11.9. The number of nitrogens with zero attached hydrogens (tertiary/aromatic N) is 1. The summed E-state index contributed by atoms with van der Waals surface area (Å²) in [6.07, 6.45) is 2.40. The lowest BCUT2D eigenvalue weighted by Crippen LogP contribution is -2.17. The number of benzene rings is 1. The number of allylic oxidation sites excluding steroid dienone is 1. The topological polar surface area (TPSA) is 86.5 Å². The molecule has 2 rings (SSSR count). The zero-order valence-electron chi connectivity index (χ0n) is 11.9. The molecule has 7 heteroatoms. The Morgan fingerprint density at radius 2 is 2.14 bits per heavy atom. The smallest absolute Gasteiger partial charge is 0.283 e. The number of nitro groups is 1. The van der Waals surface area contributed by atoms with Crippen molar-refractivity contribution in [3.63, 3.8) is 0 Å². The van der Waals surface area contributed by atoms with Crippen LogP contribution in [0.4, 0.5) is 10.1 Å². The highest BCUT2D eigenvalue weighted by molar-refractivity contribution is 6.28. The highest BCUT2D eigenvalue weighted by atomic mass is 19.1. The molecule has 0 spiro atoms. The van der Waals surface area contributed by atoms with Gasteiger partial charge in [-0.25, -0.2) is 4.39 Å². The van der Waals surface area contributed by atoms with Crippen LogP contribution in [-0.4, -0.2) is 23.1 Å². The third kappa shape index (κ3) is 3.36. The van der Waals surface area contributed by atoms with E-state index in [-0.39, 0.29) is 23.7 Å². The van der Waals surface area contributed by atoms with Gasteiger partial charge in [0, 0.05) is 5.92 Å². The first-order valence-corrected chi connectivity index (χ1v) is 6.80. The molecule has 1 saturated carbocycles. The minimum atomic E-state index is -0.851. The highest BCUT2D eigenvalue weighted by Gasteiger charge is 2.36. The van der Waals surface area contributed by atoms with Gasteiger partial charge in [0.2, 0.25) is 5.78 Å². The number of ether oxygens (including phenoxy) is 1. The van der Waals surface area contributed by atoms with E-state index in [1.165, 1.54) is 0 Å². The van der Waals surface area contributed by atoms with Crippen LogP contribution >= 0.6 is 0 Å². The van der Waals surface area contributed by atoms with E-state index < -0.39 is 28.0 Å². The molecule has 1 fully saturated rings. The summed E-state index contributed by atoms with van der Waals surface area (Å²) in [6, 6.07) is 2.61. The van der Waals surface area contributed by atoms with Crippen molar-refractivity contribution in [2.75, 3.05) is 6.61 Å². The van der Waals surface area contributed by atoms with Crippen LogP contribution in [0, 0.1) is 21.8 Å². The normalized spacial score (nSPS) is 14.5. The average molecular weight is 307 g/mol. The Bertz CT molecular complexity index is 664. The molecule has 0 heterocycles. The Balaban J connectivity index is 2.42. The maximum Gasteiger partial charge on any atom is 0.283 e. The summed E-state index contributed by atoms with van der Waals surface area (Å²) >= 11 is 0. The minimum absolute atomic E-state index is 0.237. The van der Waals surface area contributed by atoms with Crippen LogP contribution in [0.25, 0.3) is 0 Å². The lowest BCUT2D eigenvalue weighted by molar-refractivity contribution is -0.385. The van der Waals surface area contributed by atoms with E-state index in [2.05, 4.69) is 0 Å². The standard InChI is InChI=1S/C15H14FNO5/c1-2-22-8-12(14(18)9-3-4-9)15(19)11-6-5-10(16)7-13(11)17(20)21/h5-9H,2-4H2,1H3. The van der Waals surface area contributed by atoms with Gasteiger partial charge >= 0.3 is 0 Å². The largest absolute Gasteiger partial charge is 0.501 e. The second-order valence-electron chi connectivity index (χ2n) is 4.87. The molecule has 0 N–H and O–H groups in total. The summed E-state index contributed by atoms with van der Waals surface area (Å²) in [5.41, 5.74) is -1.23. The lowest BCUT2D eigenvalue weighted by Gasteiger charge is -2.06. The van der Waals surface area contributed by atoms with Gasteiger partial charge in [0.25, 0.3) is 5.69 Å². The number of nitro benzene ring substituents is 1. The number of ketones is 2. The molecule has 0 amide bonds. The molecule has 0 saturated heterocycles. The summed E-state index contributed by atoms with van der Waals surface area (Å²) in [5, 5.41) is 11.0. The van der Waals surface area contributed by atoms with Crippen molar-refractivity contribution >= 4 is 17.3 Å². The third-order valence-corrected chi connectivity index (χ3v) is 3.23. The Morgan fingerprint density at radius 1 is 1.45 bits per heavy atom. The number of halogens is 1. The van der Waals surface area contributed by atoms with Crippen molar-refractivity contribution in [3.05, 3.63) is 51.5 Å². The van der Waals surface area contributed by atoms with Crippen LogP contribution in [-0.2, 0) is 9.53 Å². The molecule has 1 aliphatic carbocycles. The third-order valence-electron chi connectivity index (χ3n) is 3.23. The van der Waals surface area contributed by atoms with Crippen molar-refractivity contribution in [2.45, 2.75) is 19.8 Å². The quantitative estimate of drug-likeness (QED) is 0.147. The van der Waals surface area contributed by atoms with Crippen molar-refractivity contribution in [1.29, 1.82) is 0 Å². The van der Waals surface area contributed by atoms with Crippen molar-refractivity contribution in [2.24, 2.45) is 5.92 Å². The van der Waals surface area contributed by atoms with Gasteiger partial charge < -0.3 is 4.74 Å². The summed E-state index contributed by atoms with van der Waals surface area (Å²) in [6.45, 7) is 1.93. The van der Waals surface area contributed by atoms with E-state index in [0.29, 0.717) is 18.9 Å². The van der Waals surface area contributed by atoms with Crippen LogP contribution in [0.1, 0.15) is 30.1 Å². The number of carbonyl (C=O) groups is 2. The Labute approximate surface area is 125 Å². The Morgan fingerprint density at radius 3 is 2.68 bits per heavy atom. The summed E-state index contributed by atoms with van der Waals surface area (Å²) in [7, 11) is 0. The van der Waals surface area contributed by atoms with Crippen molar-refractivity contribution < 1.29 is 23.6 Å². The maximum atomic E-state index is 13.1. The molecular formula is C15H14FNO5. The fraction of sp³-hybridized carbons (Fsp3) is 0.333. The van der Waals surface area contributed by atoms with Crippen LogP contribution in [0.5, 0.6) is 0 Å². The fourth-order valence-electron chi connectivity index (χ4n) is 1.95. The van der Waals surface area contributed by atoms with Crippen molar-refractivity contribution in [1.82, 2.24) is 0 Å². The highest BCUT2D eigenvalue weighted by Crippen LogP contribution is 2.34. The number of carbonyl (C=O) groups excluding carboxylic acids is 2. The zero-order chi connectivity index (χ0) is 16.3. The Hall–Kier alpha value is -2.57. The molecule has 6 nitrogen and oxygen atoms in total. The molecule has 0 aliphatic heterocycles. The SMILES string of the molecule is CCOC=C(C(=O)c1ccc(F)cc1[N+](=O)[O-])C(=O)C1CC1. The Kier molecular flexibility index (Phi) is 4.65. The number of Topliss-reactive ketones (excluding diaryl/α,β-unsaturated/α-hetero) is 2. The van der Waals surface area contributed by atoms with Crippen LogP contribution in [0.2, 0.25) is 0 Å². The molecule has 1 aromatic carbocycles. The van der Waals surface area contributed by atoms with Gasteiger partial charge in [0.05, 0.1) is 23.9 Å². The molecule has 0 radical (unpaired) electrons. The van der Waals surface area contributed by atoms with E-state index >= 15 is 0 Å². The van der Waals surface area contributed by atoms with Gasteiger partial charge in [0.15, 0.2) is 5.78 Å².